The zero-order chi connectivity index (χ0) is 14.7. The van der Waals surface area contributed by atoms with E-state index in [1.807, 2.05) is 18.2 Å². The maximum Gasteiger partial charge on any atom is 0.251 e. The third kappa shape index (κ3) is 2.71. The normalized spacial score (nSPS) is 15.0. The fraction of sp³-hybridized carbons (Fsp3) is 0.467. The smallest absolute Gasteiger partial charge is 0.251 e. The first-order valence-corrected chi connectivity index (χ1v) is 7.29. The van der Waals surface area contributed by atoms with Crippen molar-refractivity contribution in [1.29, 1.82) is 0 Å². The van der Waals surface area contributed by atoms with Crippen LogP contribution >= 0.6 is 0 Å². The zero-order valence-electron chi connectivity index (χ0n) is 12.3. The van der Waals surface area contributed by atoms with Gasteiger partial charge in [-0.05, 0) is 25.1 Å². The maximum absolute atomic E-state index is 5.82. The molecule has 0 saturated carbocycles. The molecule has 2 heterocycles. The molecular formula is C15H19N3O3. The van der Waals surface area contributed by atoms with Crippen molar-refractivity contribution >= 4 is 0 Å². The topological polar surface area (TPSA) is 69.4 Å². The second-order valence-electron chi connectivity index (χ2n) is 4.79. The van der Waals surface area contributed by atoms with Crippen LogP contribution < -0.4 is 14.8 Å². The van der Waals surface area contributed by atoms with Crippen molar-refractivity contribution in [3.63, 3.8) is 0 Å². The van der Waals surface area contributed by atoms with Crippen LogP contribution in [0.25, 0.3) is 11.5 Å². The Hall–Kier alpha value is -2.08. The molecule has 1 atom stereocenters. The summed E-state index contributed by atoms with van der Waals surface area (Å²) in [4.78, 5) is 0. The van der Waals surface area contributed by atoms with Crippen LogP contribution in [0.2, 0.25) is 0 Å². The molecule has 21 heavy (non-hydrogen) atoms. The van der Waals surface area contributed by atoms with E-state index in [1.54, 1.807) is 0 Å². The highest BCUT2D eigenvalue weighted by Crippen LogP contribution is 2.39. The molecule has 0 bridgehead atoms. The summed E-state index contributed by atoms with van der Waals surface area (Å²) in [5, 5.41) is 11.6. The molecule has 1 aromatic carbocycles. The first-order valence-electron chi connectivity index (χ1n) is 7.29. The SMILES string of the molecule is CCNC(CC)c1nnc(-c2cccc3c2OCCO3)o1. The minimum Gasteiger partial charge on any atom is -0.486 e. The molecule has 1 unspecified atom stereocenters. The Balaban J connectivity index is 1.93. The summed E-state index contributed by atoms with van der Waals surface area (Å²) in [6, 6.07) is 5.75. The van der Waals surface area contributed by atoms with E-state index in [9.17, 15) is 0 Å². The molecule has 112 valence electrons. The van der Waals surface area contributed by atoms with Gasteiger partial charge >= 0.3 is 0 Å². The molecule has 0 aliphatic carbocycles. The Kier molecular flexibility index (Phi) is 4.06. The lowest BCUT2D eigenvalue weighted by Gasteiger charge is -2.19. The van der Waals surface area contributed by atoms with Gasteiger partial charge in [-0.25, -0.2) is 0 Å². The molecule has 0 saturated heterocycles. The molecule has 0 fully saturated rings. The van der Waals surface area contributed by atoms with Crippen molar-refractivity contribution in [1.82, 2.24) is 15.5 Å². The van der Waals surface area contributed by atoms with Gasteiger partial charge in [-0.2, -0.15) is 0 Å². The van der Waals surface area contributed by atoms with Crippen LogP contribution in [0.1, 0.15) is 32.2 Å². The Bertz CT molecular complexity index is 612. The van der Waals surface area contributed by atoms with Gasteiger partial charge in [-0.3, -0.25) is 0 Å². The van der Waals surface area contributed by atoms with Crippen LogP contribution in [-0.4, -0.2) is 30.0 Å². The minimum atomic E-state index is 0.0768. The fourth-order valence-electron chi connectivity index (χ4n) is 2.38. The number of hydrogen-bond donors (Lipinski definition) is 1. The molecule has 3 rings (SSSR count). The van der Waals surface area contributed by atoms with Crippen molar-refractivity contribution in [2.75, 3.05) is 19.8 Å². The molecule has 1 aliphatic heterocycles. The highest BCUT2D eigenvalue weighted by Gasteiger charge is 2.22. The predicted molar refractivity (Wildman–Crippen MR) is 77.4 cm³/mol. The van der Waals surface area contributed by atoms with Gasteiger partial charge in [-0.1, -0.05) is 19.9 Å². The van der Waals surface area contributed by atoms with Gasteiger partial charge in [0.1, 0.15) is 13.2 Å². The summed E-state index contributed by atoms with van der Waals surface area (Å²) in [6.45, 7) is 6.08. The highest BCUT2D eigenvalue weighted by molar-refractivity contribution is 5.67. The molecule has 0 radical (unpaired) electrons. The number of nitrogens with one attached hydrogen (secondary N) is 1. The van der Waals surface area contributed by atoms with Crippen LogP contribution in [0, 0.1) is 0 Å². The van der Waals surface area contributed by atoms with Gasteiger partial charge in [0.05, 0.1) is 11.6 Å². The van der Waals surface area contributed by atoms with Gasteiger partial charge < -0.3 is 19.2 Å². The van der Waals surface area contributed by atoms with Crippen LogP contribution in [0.3, 0.4) is 0 Å². The summed E-state index contributed by atoms with van der Waals surface area (Å²) >= 11 is 0. The van der Waals surface area contributed by atoms with E-state index in [2.05, 4.69) is 29.4 Å². The first kappa shape index (κ1) is 13.9. The fourth-order valence-corrected chi connectivity index (χ4v) is 2.38. The summed E-state index contributed by atoms with van der Waals surface area (Å²) in [5.74, 6) is 2.46. The van der Waals surface area contributed by atoms with Gasteiger partial charge in [0.15, 0.2) is 11.5 Å². The predicted octanol–water partition coefficient (Wildman–Crippen LogP) is 2.57. The Morgan fingerprint density at radius 1 is 1.19 bits per heavy atom. The first-order chi connectivity index (χ1) is 10.3. The number of ether oxygens (including phenoxy) is 2. The van der Waals surface area contributed by atoms with Crippen molar-refractivity contribution in [3.8, 4) is 23.0 Å². The van der Waals surface area contributed by atoms with Crippen molar-refractivity contribution in [3.05, 3.63) is 24.1 Å². The number of hydrogen-bond acceptors (Lipinski definition) is 6. The molecule has 1 aliphatic rings. The molecule has 6 heteroatoms. The standard InChI is InChI=1S/C15H19N3O3/c1-3-11(16-4-2)15-18-17-14(21-15)10-6-5-7-12-13(10)20-9-8-19-12/h5-7,11,16H,3-4,8-9H2,1-2H3. The Morgan fingerprint density at radius 3 is 2.86 bits per heavy atom. The van der Waals surface area contributed by atoms with Crippen molar-refractivity contribution in [2.24, 2.45) is 0 Å². The average molecular weight is 289 g/mol. The Labute approximate surface area is 123 Å². The summed E-state index contributed by atoms with van der Waals surface area (Å²) in [7, 11) is 0. The van der Waals surface area contributed by atoms with E-state index in [-0.39, 0.29) is 6.04 Å². The molecule has 2 aromatic rings. The second kappa shape index (κ2) is 6.13. The van der Waals surface area contributed by atoms with E-state index in [1.165, 1.54) is 0 Å². The van der Waals surface area contributed by atoms with Crippen LogP contribution in [-0.2, 0) is 0 Å². The molecule has 1 N–H and O–H groups in total. The number of benzene rings is 1. The van der Waals surface area contributed by atoms with Gasteiger partial charge in [0.2, 0.25) is 5.89 Å². The lowest BCUT2D eigenvalue weighted by Crippen LogP contribution is -2.20. The largest absolute Gasteiger partial charge is 0.486 e. The molecule has 0 spiro atoms. The van der Waals surface area contributed by atoms with Gasteiger partial charge in [-0.15, -0.1) is 10.2 Å². The summed E-state index contributed by atoms with van der Waals surface area (Å²) in [5.41, 5.74) is 0.775. The lowest BCUT2D eigenvalue weighted by molar-refractivity contribution is 0.172. The number of nitrogens with zero attached hydrogens (tertiary/aromatic N) is 2. The quantitative estimate of drug-likeness (QED) is 0.912. The number of para-hydroxylation sites is 1. The highest BCUT2D eigenvalue weighted by atomic mass is 16.6. The number of aromatic nitrogens is 2. The van der Waals surface area contributed by atoms with Crippen LogP contribution in [0.4, 0.5) is 0 Å². The van der Waals surface area contributed by atoms with E-state index in [0.717, 1.165) is 24.3 Å². The van der Waals surface area contributed by atoms with E-state index >= 15 is 0 Å². The van der Waals surface area contributed by atoms with E-state index in [0.29, 0.717) is 30.7 Å². The Morgan fingerprint density at radius 2 is 2.05 bits per heavy atom. The maximum atomic E-state index is 5.82. The molecule has 6 nitrogen and oxygen atoms in total. The second-order valence-corrected chi connectivity index (χ2v) is 4.79. The zero-order valence-corrected chi connectivity index (χ0v) is 12.3. The summed E-state index contributed by atoms with van der Waals surface area (Å²) < 4.78 is 17.1. The van der Waals surface area contributed by atoms with Crippen LogP contribution in [0.5, 0.6) is 11.5 Å². The molecular weight excluding hydrogens is 270 g/mol. The van der Waals surface area contributed by atoms with Crippen molar-refractivity contribution in [2.45, 2.75) is 26.3 Å². The third-order valence-electron chi connectivity index (χ3n) is 3.39. The molecule has 1 aromatic heterocycles. The monoisotopic (exact) mass is 289 g/mol. The third-order valence-corrected chi connectivity index (χ3v) is 3.39. The lowest BCUT2D eigenvalue weighted by atomic mass is 10.1. The van der Waals surface area contributed by atoms with Crippen LogP contribution in [0.15, 0.2) is 22.6 Å². The van der Waals surface area contributed by atoms with Gasteiger partial charge in [0, 0.05) is 0 Å². The van der Waals surface area contributed by atoms with E-state index in [4.69, 9.17) is 13.9 Å². The number of rotatable bonds is 5. The van der Waals surface area contributed by atoms with Crippen molar-refractivity contribution < 1.29 is 13.9 Å². The van der Waals surface area contributed by atoms with E-state index < -0.39 is 0 Å². The summed E-state index contributed by atoms with van der Waals surface area (Å²) in [6.07, 6.45) is 0.891. The van der Waals surface area contributed by atoms with Gasteiger partial charge in [0.25, 0.3) is 5.89 Å². The minimum absolute atomic E-state index is 0.0768. The number of fused-ring (bicyclic) bond motifs is 1. The average Bonchev–Trinajstić information content (AvgIpc) is 3.01. The molecule has 0 amide bonds.